The molecular weight excluding hydrogens is 481 g/mol. The second-order valence-corrected chi connectivity index (χ2v) is 9.51. The quantitative estimate of drug-likeness (QED) is 0.447. The Morgan fingerprint density at radius 2 is 1.97 bits per heavy atom. The summed E-state index contributed by atoms with van der Waals surface area (Å²) in [5.41, 5.74) is 2.95. The minimum Gasteiger partial charge on any atom is -0.381 e. The number of aryl methyl sites for hydroxylation is 1. The molecule has 1 aromatic carbocycles. The molecule has 37 heavy (non-hydrogen) atoms. The van der Waals surface area contributed by atoms with Crippen molar-refractivity contribution >= 4 is 22.5 Å². The molecule has 0 bridgehead atoms. The lowest BCUT2D eigenvalue weighted by molar-refractivity contribution is -0.140. The Balaban J connectivity index is 1.47. The molecule has 1 aliphatic heterocycles. The third-order valence-electron chi connectivity index (χ3n) is 6.47. The van der Waals surface area contributed by atoms with Crippen molar-refractivity contribution in [3.05, 3.63) is 59.5 Å². The van der Waals surface area contributed by atoms with Crippen LogP contribution in [-0.2, 0) is 17.7 Å². The molecule has 196 valence electrons. The van der Waals surface area contributed by atoms with E-state index in [9.17, 15) is 18.0 Å². The molecule has 0 atom stereocenters. The van der Waals surface area contributed by atoms with Crippen molar-refractivity contribution in [2.24, 2.45) is 5.92 Å². The summed E-state index contributed by atoms with van der Waals surface area (Å²) in [4.78, 5) is 17.5. The Bertz CT molecular complexity index is 1280. The van der Waals surface area contributed by atoms with E-state index >= 15 is 0 Å². The largest absolute Gasteiger partial charge is 0.406 e. The van der Waals surface area contributed by atoms with Crippen LogP contribution in [-0.4, -0.2) is 60.4 Å². The SMILES string of the molecule is CN(C)C(=O)c1ccc(NCC#Cc2cc3cc(CCC4CCOCC4)ccc3n2CC(F)(F)F)cn1. The highest BCUT2D eigenvalue weighted by atomic mass is 19.4. The molecule has 2 aromatic heterocycles. The molecule has 1 aliphatic rings. The lowest BCUT2D eigenvalue weighted by Crippen LogP contribution is -2.22. The van der Waals surface area contributed by atoms with E-state index in [2.05, 4.69) is 22.1 Å². The van der Waals surface area contributed by atoms with Crippen LogP contribution in [0.25, 0.3) is 10.9 Å². The van der Waals surface area contributed by atoms with E-state index in [1.54, 1.807) is 38.4 Å². The van der Waals surface area contributed by atoms with Crippen molar-refractivity contribution in [2.45, 2.75) is 38.4 Å². The maximum absolute atomic E-state index is 13.4. The predicted octanol–water partition coefficient (Wildman–Crippen LogP) is 5.12. The van der Waals surface area contributed by atoms with Crippen molar-refractivity contribution in [3.63, 3.8) is 0 Å². The first-order chi connectivity index (χ1) is 17.7. The summed E-state index contributed by atoms with van der Waals surface area (Å²) in [6.45, 7) is 0.727. The summed E-state index contributed by atoms with van der Waals surface area (Å²) in [7, 11) is 3.30. The standard InChI is InChI=1S/C28H31F3N4O2/c1-34(2)27(36)25-9-8-23(18-33-25)32-13-3-4-24-17-22-16-21(6-5-20-11-14-37-15-12-20)7-10-26(22)35(24)19-28(29,30)31/h7-10,16-18,20,32H,5-6,11-15,19H2,1-2H3. The third kappa shape index (κ3) is 7.26. The van der Waals surface area contributed by atoms with Crippen molar-refractivity contribution in [3.8, 4) is 11.8 Å². The minimum atomic E-state index is -4.36. The van der Waals surface area contributed by atoms with E-state index in [1.807, 2.05) is 12.1 Å². The summed E-state index contributed by atoms with van der Waals surface area (Å²) in [5, 5.41) is 3.83. The molecule has 3 heterocycles. The molecule has 6 nitrogen and oxygen atoms in total. The highest BCUT2D eigenvalue weighted by molar-refractivity contribution is 5.92. The van der Waals surface area contributed by atoms with Gasteiger partial charge in [0.2, 0.25) is 0 Å². The molecular formula is C28H31F3N4O2. The van der Waals surface area contributed by atoms with Crippen LogP contribution in [0.4, 0.5) is 18.9 Å². The number of rotatable bonds is 7. The zero-order valence-electron chi connectivity index (χ0n) is 21.1. The zero-order valence-corrected chi connectivity index (χ0v) is 21.1. The van der Waals surface area contributed by atoms with Gasteiger partial charge in [-0.25, -0.2) is 4.98 Å². The number of fused-ring (bicyclic) bond motifs is 1. The number of hydrogen-bond acceptors (Lipinski definition) is 4. The molecule has 1 fully saturated rings. The van der Waals surface area contributed by atoms with Crippen LogP contribution in [0.2, 0.25) is 0 Å². The van der Waals surface area contributed by atoms with Gasteiger partial charge in [0.1, 0.15) is 12.2 Å². The Labute approximate surface area is 214 Å². The number of hydrogen-bond donors (Lipinski definition) is 1. The third-order valence-corrected chi connectivity index (χ3v) is 6.47. The second-order valence-electron chi connectivity index (χ2n) is 9.51. The van der Waals surface area contributed by atoms with Gasteiger partial charge in [-0.05, 0) is 73.4 Å². The number of pyridine rings is 1. The van der Waals surface area contributed by atoms with Gasteiger partial charge in [-0.15, -0.1) is 0 Å². The lowest BCUT2D eigenvalue weighted by atomic mass is 9.92. The Morgan fingerprint density at radius 3 is 2.65 bits per heavy atom. The van der Waals surface area contributed by atoms with Gasteiger partial charge in [0.25, 0.3) is 5.91 Å². The smallest absolute Gasteiger partial charge is 0.381 e. The highest BCUT2D eigenvalue weighted by Crippen LogP contribution is 2.28. The van der Waals surface area contributed by atoms with Crippen LogP contribution in [0.3, 0.4) is 0 Å². The molecule has 0 unspecified atom stereocenters. The van der Waals surface area contributed by atoms with Gasteiger partial charge in [0.15, 0.2) is 0 Å². The molecule has 1 amide bonds. The lowest BCUT2D eigenvalue weighted by Gasteiger charge is -2.21. The number of alkyl halides is 3. The number of aromatic nitrogens is 2. The average molecular weight is 513 g/mol. The molecule has 4 rings (SSSR count). The van der Waals surface area contributed by atoms with E-state index in [0.717, 1.165) is 49.8 Å². The first kappa shape index (κ1) is 26.6. The molecule has 9 heteroatoms. The molecule has 0 radical (unpaired) electrons. The average Bonchev–Trinajstić information content (AvgIpc) is 3.20. The molecule has 0 aliphatic carbocycles. The fourth-order valence-corrected chi connectivity index (χ4v) is 4.47. The van der Waals surface area contributed by atoms with Crippen LogP contribution in [0.5, 0.6) is 0 Å². The van der Waals surface area contributed by atoms with Crippen LogP contribution in [0.15, 0.2) is 42.6 Å². The summed E-state index contributed by atoms with van der Waals surface area (Å²) >= 11 is 0. The van der Waals surface area contributed by atoms with Gasteiger partial charge in [0, 0.05) is 38.2 Å². The minimum absolute atomic E-state index is 0.199. The predicted molar refractivity (Wildman–Crippen MR) is 137 cm³/mol. The van der Waals surface area contributed by atoms with E-state index in [0.29, 0.717) is 28.5 Å². The fraction of sp³-hybridized carbons (Fsp3) is 0.429. The summed E-state index contributed by atoms with van der Waals surface area (Å²) in [6.07, 6.45) is 1.23. The first-order valence-electron chi connectivity index (χ1n) is 12.4. The number of carbonyl (C=O) groups is 1. The van der Waals surface area contributed by atoms with Crippen molar-refractivity contribution in [1.82, 2.24) is 14.5 Å². The van der Waals surface area contributed by atoms with Crippen LogP contribution in [0, 0.1) is 17.8 Å². The topological polar surface area (TPSA) is 59.4 Å². The van der Waals surface area contributed by atoms with Crippen LogP contribution in [0.1, 0.15) is 41.0 Å². The Kier molecular flexibility index (Phi) is 8.39. The van der Waals surface area contributed by atoms with E-state index in [4.69, 9.17) is 4.74 Å². The molecule has 3 aromatic rings. The number of nitrogens with zero attached hydrogens (tertiary/aromatic N) is 3. The fourth-order valence-electron chi connectivity index (χ4n) is 4.47. The van der Waals surface area contributed by atoms with Crippen molar-refractivity contribution in [2.75, 3.05) is 39.2 Å². The number of nitrogens with one attached hydrogen (secondary N) is 1. The van der Waals surface area contributed by atoms with Gasteiger partial charge in [-0.2, -0.15) is 13.2 Å². The number of carbonyl (C=O) groups excluding carboxylic acids is 1. The maximum atomic E-state index is 13.4. The van der Waals surface area contributed by atoms with E-state index < -0.39 is 12.7 Å². The van der Waals surface area contributed by atoms with Crippen molar-refractivity contribution < 1.29 is 22.7 Å². The van der Waals surface area contributed by atoms with E-state index in [1.165, 1.54) is 15.7 Å². The van der Waals surface area contributed by atoms with Crippen molar-refractivity contribution in [1.29, 1.82) is 0 Å². The number of halogens is 3. The summed E-state index contributed by atoms with van der Waals surface area (Å²) in [6, 6.07) is 10.7. The molecule has 0 saturated carbocycles. The zero-order chi connectivity index (χ0) is 26.4. The molecule has 1 saturated heterocycles. The normalized spacial score (nSPS) is 14.3. The van der Waals surface area contributed by atoms with Crippen LogP contribution < -0.4 is 5.32 Å². The number of ether oxygens (including phenoxy) is 1. The van der Waals surface area contributed by atoms with Crippen LogP contribution >= 0.6 is 0 Å². The van der Waals surface area contributed by atoms with Gasteiger partial charge < -0.3 is 19.5 Å². The summed E-state index contributed by atoms with van der Waals surface area (Å²) in [5.74, 6) is 6.24. The monoisotopic (exact) mass is 512 g/mol. The number of benzene rings is 1. The van der Waals surface area contributed by atoms with E-state index in [-0.39, 0.29) is 12.5 Å². The Morgan fingerprint density at radius 1 is 1.19 bits per heavy atom. The second kappa shape index (κ2) is 11.7. The highest BCUT2D eigenvalue weighted by Gasteiger charge is 2.29. The van der Waals surface area contributed by atoms with Gasteiger partial charge in [0.05, 0.1) is 24.1 Å². The van der Waals surface area contributed by atoms with Gasteiger partial charge in [-0.3, -0.25) is 4.79 Å². The Hall–Kier alpha value is -3.51. The summed E-state index contributed by atoms with van der Waals surface area (Å²) < 4.78 is 46.7. The first-order valence-corrected chi connectivity index (χ1v) is 12.4. The van der Waals surface area contributed by atoms with Gasteiger partial charge in [-0.1, -0.05) is 12.0 Å². The number of anilines is 1. The molecule has 1 N–H and O–H groups in total. The number of amides is 1. The maximum Gasteiger partial charge on any atom is 0.406 e. The molecule has 0 spiro atoms. The van der Waals surface area contributed by atoms with Gasteiger partial charge >= 0.3 is 6.18 Å².